The number of aryl methyl sites for hydroxylation is 1. The van der Waals surface area contributed by atoms with Gasteiger partial charge in [-0.2, -0.15) is 0 Å². The Labute approximate surface area is 115 Å². The molecule has 19 heavy (non-hydrogen) atoms. The lowest BCUT2D eigenvalue weighted by atomic mass is 10.0. The first-order chi connectivity index (χ1) is 8.92. The van der Waals surface area contributed by atoms with Crippen LogP contribution in [0.15, 0.2) is 6.20 Å². The zero-order valence-electron chi connectivity index (χ0n) is 11.1. The number of nitrogens with one attached hydrogen (secondary N) is 1. The number of amides is 2. The molecule has 1 unspecified atom stereocenters. The van der Waals surface area contributed by atoms with Gasteiger partial charge in [-0.05, 0) is 26.7 Å². The largest absolute Gasteiger partial charge is 0.333 e. The highest BCUT2D eigenvalue weighted by Gasteiger charge is 2.54. The highest BCUT2D eigenvalue weighted by atomic mass is 32.1. The number of carbonyl (C=O) groups excluding carboxylic acids is 2. The summed E-state index contributed by atoms with van der Waals surface area (Å²) in [6, 6.07) is -0.705. The van der Waals surface area contributed by atoms with Crippen molar-refractivity contribution in [1.82, 2.24) is 15.4 Å². The van der Waals surface area contributed by atoms with Gasteiger partial charge in [0.25, 0.3) is 5.91 Å². The predicted molar refractivity (Wildman–Crippen MR) is 69.9 cm³/mol. The van der Waals surface area contributed by atoms with E-state index >= 15 is 0 Å². The number of rotatable bonds is 4. The van der Waals surface area contributed by atoms with E-state index in [0.29, 0.717) is 0 Å². The third-order valence-electron chi connectivity index (χ3n) is 3.64. The van der Waals surface area contributed by atoms with Crippen molar-refractivity contribution in [3.8, 4) is 0 Å². The zero-order chi connectivity index (χ0) is 14.2. The smallest absolute Gasteiger partial charge is 0.265 e. The molecule has 2 amide bonds. The van der Waals surface area contributed by atoms with E-state index in [1.54, 1.807) is 25.6 Å². The number of hydrogen-bond donors (Lipinski definition) is 2. The van der Waals surface area contributed by atoms with Gasteiger partial charge in [0, 0.05) is 18.1 Å². The molecule has 1 heterocycles. The molecule has 2 rings (SSSR count). The van der Waals surface area contributed by atoms with Crippen LogP contribution in [0.1, 0.15) is 29.7 Å². The van der Waals surface area contributed by atoms with Gasteiger partial charge in [-0.3, -0.25) is 14.8 Å². The van der Waals surface area contributed by atoms with Crippen LogP contribution in [0.3, 0.4) is 0 Å². The summed E-state index contributed by atoms with van der Waals surface area (Å²) in [5.74, 6) is -0.681. The molecule has 0 saturated heterocycles. The molecule has 1 aliphatic carbocycles. The fourth-order valence-electron chi connectivity index (χ4n) is 2.06. The maximum Gasteiger partial charge on any atom is 0.265 e. The summed E-state index contributed by atoms with van der Waals surface area (Å²) in [7, 11) is 1.58. The maximum atomic E-state index is 12.5. The molecule has 0 spiro atoms. The molecule has 1 fully saturated rings. The van der Waals surface area contributed by atoms with Crippen molar-refractivity contribution in [3.63, 3.8) is 0 Å². The van der Waals surface area contributed by atoms with Crippen molar-refractivity contribution >= 4 is 23.2 Å². The summed E-state index contributed by atoms with van der Waals surface area (Å²) in [4.78, 5) is 30.5. The van der Waals surface area contributed by atoms with E-state index in [2.05, 4.69) is 4.98 Å². The van der Waals surface area contributed by atoms with Crippen LogP contribution in [0.25, 0.3) is 0 Å². The van der Waals surface area contributed by atoms with E-state index in [9.17, 15) is 9.59 Å². The monoisotopic (exact) mass is 283 g/mol. The average Bonchev–Trinajstić information content (AvgIpc) is 3.11. The van der Waals surface area contributed by atoms with Crippen LogP contribution in [0.2, 0.25) is 0 Å². The Morgan fingerprint density at radius 2 is 2.21 bits per heavy atom. The summed E-state index contributed by atoms with van der Waals surface area (Å²) >= 11 is 1.52. The lowest BCUT2D eigenvalue weighted by Gasteiger charge is -2.27. The van der Waals surface area contributed by atoms with E-state index < -0.39 is 17.4 Å². The molecule has 7 heteroatoms. The third kappa shape index (κ3) is 2.35. The van der Waals surface area contributed by atoms with E-state index in [1.807, 2.05) is 6.92 Å². The molecule has 1 aromatic heterocycles. The first-order valence-corrected chi connectivity index (χ1v) is 6.88. The molecule has 6 nitrogen and oxygen atoms in total. The molecule has 0 radical (unpaired) electrons. The van der Waals surface area contributed by atoms with Gasteiger partial charge in [0.15, 0.2) is 0 Å². The second kappa shape index (κ2) is 4.90. The second-order valence-electron chi connectivity index (χ2n) is 4.89. The molecule has 1 atom stereocenters. The summed E-state index contributed by atoms with van der Waals surface area (Å²) in [6.07, 6.45) is 3.31. The Hall–Kier alpha value is -1.47. The predicted octanol–water partition coefficient (Wildman–Crippen LogP) is 0.835. The fourth-order valence-corrected chi connectivity index (χ4v) is 3.07. The highest BCUT2D eigenvalue weighted by molar-refractivity contribution is 7.11. The lowest BCUT2D eigenvalue weighted by Crippen LogP contribution is -2.48. The van der Waals surface area contributed by atoms with Gasteiger partial charge < -0.3 is 4.90 Å². The van der Waals surface area contributed by atoms with Gasteiger partial charge in [0.2, 0.25) is 5.91 Å². The molecule has 1 saturated carbocycles. The number of aromatic nitrogens is 1. The topological polar surface area (TPSA) is 82.5 Å². The van der Waals surface area contributed by atoms with Gasteiger partial charge in [-0.15, -0.1) is 11.3 Å². The van der Waals surface area contributed by atoms with Gasteiger partial charge in [0.1, 0.15) is 6.04 Å². The molecular formula is C12H17N3O3S. The first-order valence-electron chi connectivity index (χ1n) is 6.06. The Morgan fingerprint density at radius 1 is 1.58 bits per heavy atom. The Bertz CT molecular complexity index is 510. The summed E-state index contributed by atoms with van der Waals surface area (Å²) < 4.78 is 0. The van der Waals surface area contributed by atoms with Crippen LogP contribution in [-0.2, 0) is 15.0 Å². The molecule has 0 bridgehead atoms. The van der Waals surface area contributed by atoms with Gasteiger partial charge in [0.05, 0.1) is 10.4 Å². The van der Waals surface area contributed by atoms with Crippen LogP contribution < -0.4 is 5.48 Å². The van der Waals surface area contributed by atoms with Gasteiger partial charge in [-0.1, -0.05) is 0 Å². The number of likely N-dealkylation sites (N-methyl/N-ethyl adjacent to an activating group) is 1. The van der Waals surface area contributed by atoms with Crippen molar-refractivity contribution in [3.05, 3.63) is 16.1 Å². The molecule has 1 aromatic rings. The van der Waals surface area contributed by atoms with Crippen molar-refractivity contribution in [1.29, 1.82) is 0 Å². The molecule has 104 valence electrons. The molecule has 2 N–H and O–H groups in total. The van der Waals surface area contributed by atoms with E-state index in [4.69, 9.17) is 5.21 Å². The molecule has 0 aromatic carbocycles. The molecule has 1 aliphatic rings. The number of hydroxylamine groups is 1. The maximum absolute atomic E-state index is 12.5. The fraction of sp³-hybridized carbons (Fsp3) is 0.583. The quantitative estimate of drug-likeness (QED) is 0.633. The minimum Gasteiger partial charge on any atom is -0.333 e. The van der Waals surface area contributed by atoms with E-state index in [1.165, 1.54) is 16.2 Å². The standard InChI is InChI=1S/C12H17N3O3S/c1-7(10(16)14-18)15(3)11(17)12(4-5-12)9-6-13-8(2)19-9/h6-7,18H,4-5H2,1-3H3,(H,14,16). The van der Waals surface area contributed by atoms with Crippen LogP contribution in [0.5, 0.6) is 0 Å². The minimum atomic E-state index is -0.705. The van der Waals surface area contributed by atoms with Crippen molar-refractivity contribution in [2.45, 2.75) is 38.1 Å². The van der Waals surface area contributed by atoms with Crippen molar-refractivity contribution in [2.24, 2.45) is 0 Å². The first kappa shape index (κ1) is 14.0. The Balaban J connectivity index is 2.18. The minimum absolute atomic E-state index is 0.0905. The SMILES string of the molecule is Cc1ncc(C2(C(=O)N(C)C(C)C(=O)NO)CC2)s1. The zero-order valence-corrected chi connectivity index (χ0v) is 12.0. The summed E-state index contributed by atoms with van der Waals surface area (Å²) in [6.45, 7) is 3.48. The van der Waals surface area contributed by atoms with Crippen molar-refractivity contribution in [2.75, 3.05) is 7.05 Å². The van der Waals surface area contributed by atoms with Gasteiger partial charge in [-0.25, -0.2) is 10.5 Å². The lowest BCUT2D eigenvalue weighted by molar-refractivity contribution is -0.143. The highest BCUT2D eigenvalue weighted by Crippen LogP contribution is 2.51. The van der Waals surface area contributed by atoms with Crippen LogP contribution in [0, 0.1) is 6.92 Å². The van der Waals surface area contributed by atoms with Crippen molar-refractivity contribution < 1.29 is 14.8 Å². The average molecular weight is 283 g/mol. The van der Waals surface area contributed by atoms with Crippen LogP contribution in [0.4, 0.5) is 0 Å². The number of carbonyl (C=O) groups is 2. The molecule has 0 aliphatic heterocycles. The number of hydrogen-bond acceptors (Lipinski definition) is 5. The number of nitrogens with zero attached hydrogens (tertiary/aromatic N) is 2. The second-order valence-corrected chi connectivity index (χ2v) is 6.13. The summed E-state index contributed by atoms with van der Waals surface area (Å²) in [5, 5.41) is 9.56. The van der Waals surface area contributed by atoms with E-state index in [0.717, 1.165) is 22.7 Å². The summed E-state index contributed by atoms with van der Waals surface area (Å²) in [5.41, 5.74) is 1.06. The Morgan fingerprint density at radius 3 is 2.63 bits per heavy atom. The molecular weight excluding hydrogens is 266 g/mol. The van der Waals surface area contributed by atoms with Crippen LogP contribution >= 0.6 is 11.3 Å². The van der Waals surface area contributed by atoms with Crippen LogP contribution in [-0.4, -0.2) is 40.0 Å². The normalized spacial score (nSPS) is 17.7. The number of thiazole rings is 1. The van der Waals surface area contributed by atoms with Gasteiger partial charge >= 0.3 is 0 Å². The third-order valence-corrected chi connectivity index (χ3v) is 4.76. The van der Waals surface area contributed by atoms with E-state index in [-0.39, 0.29) is 5.91 Å². The Kier molecular flexibility index (Phi) is 3.60.